The third-order valence-electron chi connectivity index (χ3n) is 5.59. The number of carboxylic acid groups (broad SMARTS) is 1. The molecule has 0 radical (unpaired) electrons. The standard InChI is InChI=1S/C25H22N2O5/c26-23(28)16-7-5-6-15(12-16)13-22(24(29)30)27-25(31)32-14-21-19-10-3-1-8-17(19)18-9-2-4-11-20(18)21/h1-12,21-22H,13-14H2,(H2,26,28)(H,27,31)(H,29,30)/t22-/m0/s1. The van der Waals surface area contributed by atoms with Gasteiger partial charge in [-0.25, -0.2) is 9.59 Å². The van der Waals surface area contributed by atoms with E-state index in [0.29, 0.717) is 5.56 Å². The Morgan fingerprint density at radius 1 is 0.938 bits per heavy atom. The maximum Gasteiger partial charge on any atom is 0.407 e. The van der Waals surface area contributed by atoms with E-state index in [0.717, 1.165) is 22.3 Å². The Labute approximate surface area is 184 Å². The van der Waals surface area contributed by atoms with E-state index < -0.39 is 24.0 Å². The Kier molecular flexibility index (Phi) is 5.89. The number of rotatable bonds is 7. The van der Waals surface area contributed by atoms with Crippen LogP contribution in [0.3, 0.4) is 0 Å². The zero-order valence-electron chi connectivity index (χ0n) is 17.2. The van der Waals surface area contributed by atoms with Crippen LogP contribution in [0.1, 0.15) is 33.0 Å². The lowest BCUT2D eigenvalue weighted by Gasteiger charge is -2.17. The van der Waals surface area contributed by atoms with E-state index in [2.05, 4.69) is 5.32 Å². The van der Waals surface area contributed by atoms with E-state index in [1.54, 1.807) is 18.2 Å². The molecule has 4 N–H and O–H groups in total. The smallest absolute Gasteiger partial charge is 0.407 e. The van der Waals surface area contributed by atoms with Gasteiger partial charge >= 0.3 is 12.1 Å². The molecule has 7 heteroatoms. The number of ether oxygens (including phenoxy) is 1. The average molecular weight is 430 g/mol. The van der Waals surface area contributed by atoms with Crippen LogP contribution in [0.25, 0.3) is 11.1 Å². The minimum atomic E-state index is -1.21. The molecule has 0 heterocycles. The van der Waals surface area contributed by atoms with Crippen molar-refractivity contribution in [2.75, 3.05) is 6.61 Å². The van der Waals surface area contributed by atoms with Gasteiger partial charge in [0, 0.05) is 17.9 Å². The fraction of sp³-hybridized carbons (Fsp3) is 0.160. The number of hydrogen-bond acceptors (Lipinski definition) is 4. The zero-order chi connectivity index (χ0) is 22.7. The Morgan fingerprint density at radius 3 is 2.16 bits per heavy atom. The molecule has 3 aromatic rings. The van der Waals surface area contributed by atoms with Crippen molar-refractivity contribution in [3.05, 3.63) is 95.1 Å². The van der Waals surface area contributed by atoms with E-state index in [-0.39, 0.29) is 24.5 Å². The predicted molar refractivity (Wildman–Crippen MR) is 118 cm³/mol. The molecule has 0 spiro atoms. The van der Waals surface area contributed by atoms with Gasteiger partial charge in [-0.1, -0.05) is 60.7 Å². The Balaban J connectivity index is 1.43. The van der Waals surface area contributed by atoms with Crippen LogP contribution in [0, 0.1) is 0 Å². The molecule has 1 aliphatic carbocycles. The molecule has 0 saturated heterocycles. The van der Waals surface area contributed by atoms with Gasteiger partial charge in [-0.2, -0.15) is 0 Å². The van der Waals surface area contributed by atoms with Crippen LogP contribution in [-0.2, 0) is 16.0 Å². The summed E-state index contributed by atoms with van der Waals surface area (Å²) in [5.74, 6) is -1.94. The summed E-state index contributed by atoms with van der Waals surface area (Å²) in [5.41, 5.74) is 10.5. The average Bonchev–Trinajstić information content (AvgIpc) is 3.11. The number of carbonyl (C=O) groups is 3. The molecule has 0 unspecified atom stereocenters. The zero-order valence-corrected chi connectivity index (χ0v) is 17.2. The maximum absolute atomic E-state index is 12.4. The van der Waals surface area contributed by atoms with Gasteiger partial charge in [0.2, 0.25) is 5.91 Å². The van der Waals surface area contributed by atoms with Gasteiger partial charge in [0.1, 0.15) is 12.6 Å². The first-order chi connectivity index (χ1) is 15.4. The van der Waals surface area contributed by atoms with Crippen molar-refractivity contribution in [3.8, 4) is 11.1 Å². The quantitative estimate of drug-likeness (QED) is 0.531. The van der Waals surface area contributed by atoms with Crippen LogP contribution in [0.15, 0.2) is 72.8 Å². The van der Waals surface area contributed by atoms with Crippen molar-refractivity contribution in [1.82, 2.24) is 5.32 Å². The first-order valence-electron chi connectivity index (χ1n) is 10.2. The number of carboxylic acids is 1. The summed E-state index contributed by atoms with van der Waals surface area (Å²) < 4.78 is 5.43. The van der Waals surface area contributed by atoms with Crippen LogP contribution < -0.4 is 11.1 Å². The highest BCUT2D eigenvalue weighted by Gasteiger charge is 2.29. The number of aliphatic carboxylic acids is 1. The molecule has 4 rings (SSSR count). The lowest BCUT2D eigenvalue weighted by Crippen LogP contribution is -2.43. The Hall–Kier alpha value is -4.13. The van der Waals surface area contributed by atoms with E-state index in [9.17, 15) is 19.5 Å². The van der Waals surface area contributed by atoms with Gasteiger partial charge in [-0.05, 0) is 39.9 Å². The number of benzene rings is 3. The number of carbonyl (C=O) groups excluding carboxylic acids is 2. The van der Waals surface area contributed by atoms with Gasteiger partial charge in [-0.15, -0.1) is 0 Å². The lowest BCUT2D eigenvalue weighted by atomic mass is 9.98. The summed E-state index contributed by atoms with van der Waals surface area (Å²) in [4.78, 5) is 35.5. The molecule has 2 amide bonds. The number of fused-ring (bicyclic) bond motifs is 3. The van der Waals surface area contributed by atoms with Crippen LogP contribution >= 0.6 is 0 Å². The van der Waals surface area contributed by atoms with Crippen molar-refractivity contribution in [3.63, 3.8) is 0 Å². The summed E-state index contributed by atoms with van der Waals surface area (Å²) in [6, 6.07) is 21.0. The molecule has 0 saturated carbocycles. The molecular weight excluding hydrogens is 408 g/mol. The molecule has 3 aromatic carbocycles. The van der Waals surface area contributed by atoms with Crippen LogP contribution in [0.2, 0.25) is 0 Å². The second-order valence-corrected chi connectivity index (χ2v) is 7.63. The summed E-state index contributed by atoms with van der Waals surface area (Å²) >= 11 is 0. The van der Waals surface area contributed by atoms with E-state index >= 15 is 0 Å². The highest BCUT2D eigenvalue weighted by Crippen LogP contribution is 2.44. The molecule has 1 atom stereocenters. The number of amides is 2. The summed E-state index contributed by atoms with van der Waals surface area (Å²) in [6.45, 7) is 0.0867. The maximum atomic E-state index is 12.4. The Bertz CT molecular complexity index is 1140. The topological polar surface area (TPSA) is 119 Å². The number of nitrogens with two attached hydrogens (primary N) is 1. The first-order valence-corrected chi connectivity index (χ1v) is 10.2. The molecule has 0 bridgehead atoms. The lowest BCUT2D eigenvalue weighted by molar-refractivity contribution is -0.139. The SMILES string of the molecule is NC(=O)c1cccc(C[C@H](NC(=O)OCC2c3ccccc3-c3ccccc32)C(=O)O)c1. The molecule has 32 heavy (non-hydrogen) atoms. The number of hydrogen-bond donors (Lipinski definition) is 3. The normalized spacial score (nSPS) is 13.0. The van der Waals surface area contributed by atoms with Crippen LogP contribution in [-0.4, -0.2) is 35.7 Å². The van der Waals surface area contributed by atoms with Gasteiger partial charge in [0.25, 0.3) is 0 Å². The summed E-state index contributed by atoms with van der Waals surface area (Å²) in [6.07, 6.45) is -0.828. The first kappa shape index (κ1) is 21.1. The van der Waals surface area contributed by atoms with E-state index in [1.165, 1.54) is 6.07 Å². The van der Waals surface area contributed by atoms with Gasteiger partial charge in [0.15, 0.2) is 0 Å². The third kappa shape index (κ3) is 4.32. The summed E-state index contributed by atoms with van der Waals surface area (Å²) in [7, 11) is 0. The second kappa shape index (κ2) is 8.93. The molecule has 7 nitrogen and oxygen atoms in total. The minimum absolute atomic E-state index is 0.0132. The number of nitrogens with one attached hydrogen (secondary N) is 1. The molecule has 1 aliphatic rings. The summed E-state index contributed by atoms with van der Waals surface area (Å²) in [5, 5.41) is 11.9. The van der Waals surface area contributed by atoms with E-state index in [1.807, 2.05) is 48.5 Å². The Morgan fingerprint density at radius 2 is 1.56 bits per heavy atom. The molecule has 0 fully saturated rings. The molecule has 0 aromatic heterocycles. The van der Waals surface area contributed by atoms with Crippen LogP contribution in [0.4, 0.5) is 4.79 Å². The number of alkyl carbamates (subject to hydrolysis) is 1. The van der Waals surface area contributed by atoms with Crippen molar-refractivity contribution < 1.29 is 24.2 Å². The highest BCUT2D eigenvalue weighted by atomic mass is 16.5. The van der Waals surface area contributed by atoms with Gasteiger partial charge in [0.05, 0.1) is 0 Å². The van der Waals surface area contributed by atoms with Gasteiger partial charge in [-0.3, -0.25) is 4.79 Å². The highest BCUT2D eigenvalue weighted by molar-refractivity contribution is 5.93. The predicted octanol–water partition coefficient (Wildman–Crippen LogP) is 3.32. The monoisotopic (exact) mass is 430 g/mol. The van der Waals surface area contributed by atoms with Crippen molar-refractivity contribution in [2.24, 2.45) is 5.73 Å². The van der Waals surface area contributed by atoms with E-state index in [4.69, 9.17) is 10.5 Å². The second-order valence-electron chi connectivity index (χ2n) is 7.63. The molecule has 162 valence electrons. The fourth-order valence-electron chi connectivity index (χ4n) is 4.07. The minimum Gasteiger partial charge on any atom is -0.480 e. The molecular formula is C25H22N2O5. The van der Waals surface area contributed by atoms with Crippen molar-refractivity contribution in [2.45, 2.75) is 18.4 Å². The third-order valence-corrected chi connectivity index (χ3v) is 5.59. The van der Waals surface area contributed by atoms with Crippen molar-refractivity contribution >= 4 is 18.0 Å². The fourth-order valence-corrected chi connectivity index (χ4v) is 4.07. The number of primary amides is 1. The largest absolute Gasteiger partial charge is 0.480 e. The van der Waals surface area contributed by atoms with Gasteiger partial charge < -0.3 is 20.9 Å². The molecule has 0 aliphatic heterocycles. The van der Waals surface area contributed by atoms with Crippen LogP contribution in [0.5, 0.6) is 0 Å². The van der Waals surface area contributed by atoms with Crippen molar-refractivity contribution in [1.29, 1.82) is 0 Å².